The highest BCUT2D eigenvalue weighted by atomic mass is 16.5. The first-order chi connectivity index (χ1) is 9.98. The Kier molecular flexibility index (Phi) is 5.04. The minimum absolute atomic E-state index is 0.211. The smallest absolute Gasteiger partial charge is 0.221 e. The van der Waals surface area contributed by atoms with Gasteiger partial charge in [0.25, 0.3) is 0 Å². The number of hydrogen-bond donors (Lipinski definition) is 1. The monoisotopic (exact) mass is 292 g/mol. The van der Waals surface area contributed by atoms with Crippen LogP contribution in [0.4, 0.5) is 5.82 Å². The van der Waals surface area contributed by atoms with Gasteiger partial charge in [0.2, 0.25) is 5.88 Å². The van der Waals surface area contributed by atoms with E-state index < -0.39 is 0 Å². The number of likely N-dealkylation sites (N-methyl/N-ethyl adjacent to an activating group) is 1. The minimum Gasteiger partial charge on any atom is -0.481 e. The average Bonchev–Trinajstić information content (AvgIpc) is 2.46. The SMILES string of the molecule is COc1ncnc(NCC2(N(C)C)CCCC(C)C2)c1C. The summed E-state index contributed by atoms with van der Waals surface area (Å²) in [5.41, 5.74) is 1.18. The second-order valence-corrected chi connectivity index (χ2v) is 6.53. The zero-order valence-corrected chi connectivity index (χ0v) is 13.9. The van der Waals surface area contributed by atoms with Crippen LogP contribution in [0.1, 0.15) is 38.2 Å². The van der Waals surface area contributed by atoms with Crippen molar-refractivity contribution in [1.82, 2.24) is 14.9 Å². The van der Waals surface area contributed by atoms with Gasteiger partial charge >= 0.3 is 0 Å². The topological polar surface area (TPSA) is 50.3 Å². The van der Waals surface area contributed by atoms with E-state index in [1.165, 1.54) is 25.7 Å². The third-order valence-electron chi connectivity index (χ3n) is 4.83. The standard InChI is InChI=1S/C16H28N4O/c1-12-7-6-8-16(9-12,20(3)4)10-17-14-13(2)15(21-5)19-11-18-14/h11-12H,6-10H2,1-5H3,(H,17,18,19). The third kappa shape index (κ3) is 3.46. The summed E-state index contributed by atoms with van der Waals surface area (Å²) >= 11 is 0. The Morgan fingerprint density at radius 1 is 1.43 bits per heavy atom. The summed E-state index contributed by atoms with van der Waals surface area (Å²) in [5, 5.41) is 3.53. The molecule has 1 N–H and O–H groups in total. The molecule has 21 heavy (non-hydrogen) atoms. The first-order valence-electron chi connectivity index (χ1n) is 7.75. The van der Waals surface area contributed by atoms with Crippen molar-refractivity contribution >= 4 is 5.82 Å². The molecule has 118 valence electrons. The summed E-state index contributed by atoms with van der Waals surface area (Å²) < 4.78 is 5.27. The van der Waals surface area contributed by atoms with E-state index in [1.54, 1.807) is 13.4 Å². The lowest BCUT2D eigenvalue weighted by molar-refractivity contribution is 0.0881. The molecular weight excluding hydrogens is 264 g/mol. The molecule has 1 saturated carbocycles. The van der Waals surface area contributed by atoms with E-state index in [0.29, 0.717) is 5.88 Å². The lowest BCUT2D eigenvalue weighted by Crippen LogP contribution is -2.52. The Morgan fingerprint density at radius 2 is 2.19 bits per heavy atom. The van der Waals surface area contributed by atoms with Gasteiger partial charge in [-0.25, -0.2) is 9.97 Å². The van der Waals surface area contributed by atoms with Crippen molar-refractivity contribution in [3.05, 3.63) is 11.9 Å². The van der Waals surface area contributed by atoms with E-state index >= 15 is 0 Å². The van der Waals surface area contributed by atoms with Crippen LogP contribution < -0.4 is 10.1 Å². The fraction of sp³-hybridized carbons (Fsp3) is 0.750. The van der Waals surface area contributed by atoms with Gasteiger partial charge in [0.1, 0.15) is 12.1 Å². The first-order valence-corrected chi connectivity index (χ1v) is 7.75. The predicted octanol–water partition coefficient (Wildman–Crippen LogP) is 2.72. The molecular formula is C16H28N4O. The van der Waals surface area contributed by atoms with Crippen LogP contribution >= 0.6 is 0 Å². The predicted molar refractivity (Wildman–Crippen MR) is 85.9 cm³/mol. The number of nitrogens with one attached hydrogen (secondary N) is 1. The van der Waals surface area contributed by atoms with E-state index in [9.17, 15) is 0 Å². The van der Waals surface area contributed by atoms with Gasteiger partial charge in [-0.3, -0.25) is 0 Å². The Morgan fingerprint density at radius 3 is 2.81 bits per heavy atom. The molecule has 2 unspecified atom stereocenters. The van der Waals surface area contributed by atoms with Gasteiger partial charge in [-0.15, -0.1) is 0 Å². The fourth-order valence-corrected chi connectivity index (χ4v) is 3.42. The molecule has 5 heteroatoms. The van der Waals surface area contributed by atoms with Crippen LogP contribution in [0.5, 0.6) is 5.88 Å². The van der Waals surface area contributed by atoms with E-state index in [4.69, 9.17) is 4.74 Å². The van der Waals surface area contributed by atoms with Crippen LogP contribution in [0.25, 0.3) is 0 Å². The summed E-state index contributed by atoms with van der Waals surface area (Å²) in [7, 11) is 6.02. The van der Waals surface area contributed by atoms with Gasteiger partial charge in [-0.1, -0.05) is 19.8 Å². The number of ether oxygens (including phenoxy) is 1. The fourth-order valence-electron chi connectivity index (χ4n) is 3.42. The molecule has 1 fully saturated rings. The molecule has 0 aromatic carbocycles. The number of methoxy groups -OCH3 is 1. The Bertz CT molecular complexity index is 477. The number of hydrogen-bond acceptors (Lipinski definition) is 5. The lowest BCUT2D eigenvalue weighted by atomic mass is 9.75. The average molecular weight is 292 g/mol. The maximum absolute atomic E-state index is 5.27. The van der Waals surface area contributed by atoms with Crippen molar-refractivity contribution < 1.29 is 4.74 Å². The molecule has 1 aromatic heterocycles. The molecule has 2 atom stereocenters. The molecule has 1 aromatic rings. The van der Waals surface area contributed by atoms with Gasteiger partial charge in [0, 0.05) is 12.1 Å². The van der Waals surface area contributed by atoms with Crippen LogP contribution in [0.2, 0.25) is 0 Å². The summed E-state index contributed by atoms with van der Waals surface area (Å²) in [5.74, 6) is 2.30. The lowest BCUT2D eigenvalue weighted by Gasteiger charge is -2.45. The summed E-state index contributed by atoms with van der Waals surface area (Å²) in [6, 6.07) is 0. The van der Waals surface area contributed by atoms with Crippen molar-refractivity contribution in [3.8, 4) is 5.88 Å². The van der Waals surface area contributed by atoms with Crippen molar-refractivity contribution in [2.24, 2.45) is 5.92 Å². The van der Waals surface area contributed by atoms with Crippen molar-refractivity contribution in [3.63, 3.8) is 0 Å². The zero-order valence-electron chi connectivity index (χ0n) is 13.9. The second-order valence-electron chi connectivity index (χ2n) is 6.53. The van der Waals surface area contributed by atoms with E-state index in [2.05, 4.69) is 41.2 Å². The molecule has 0 amide bonds. The van der Waals surface area contributed by atoms with Gasteiger partial charge in [0.15, 0.2) is 0 Å². The number of aromatic nitrogens is 2. The number of anilines is 1. The molecule has 0 saturated heterocycles. The van der Waals surface area contributed by atoms with E-state index in [-0.39, 0.29) is 5.54 Å². The maximum atomic E-state index is 5.27. The van der Waals surface area contributed by atoms with E-state index in [0.717, 1.165) is 23.8 Å². The highest BCUT2D eigenvalue weighted by Gasteiger charge is 2.36. The molecule has 2 rings (SSSR count). The van der Waals surface area contributed by atoms with Gasteiger partial charge in [0.05, 0.1) is 12.7 Å². The third-order valence-corrected chi connectivity index (χ3v) is 4.83. The summed E-state index contributed by atoms with van der Waals surface area (Å²) in [6.45, 7) is 5.26. The van der Waals surface area contributed by atoms with Gasteiger partial charge in [-0.2, -0.15) is 0 Å². The summed E-state index contributed by atoms with van der Waals surface area (Å²) in [4.78, 5) is 10.9. The van der Waals surface area contributed by atoms with Crippen molar-refractivity contribution in [2.45, 2.75) is 45.1 Å². The van der Waals surface area contributed by atoms with Gasteiger partial charge < -0.3 is 15.0 Å². The molecule has 0 radical (unpaired) electrons. The summed E-state index contributed by atoms with van der Waals surface area (Å²) in [6.07, 6.45) is 6.66. The van der Waals surface area contributed by atoms with Crippen molar-refractivity contribution in [1.29, 1.82) is 0 Å². The molecule has 0 bridgehead atoms. The van der Waals surface area contributed by atoms with Crippen LogP contribution in [-0.4, -0.2) is 48.2 Å². The Labute approximate surface area is 128 Å². The Balaban J connectivity index is 2.12. The molecule has 1 aliphatic carbocycles. The maximum Gasteiger partial charge on any atom is 0.221 e. The zero-order chi connectivity index (χ0) is 15.5. The molecule has 1 aliphatic rings. The number of nitrogens with zero attached hydrogens (tertiary/aromatic N) is 3. The quantitative estimate of drug-likeness (QED) is 0.904. The second kappa shape index (κ2) is 6.60. The number of rotatable bonds is 5. The highest BCUT2D eigenvalue weighted by Crippen LogP contribution is 2.36. The molecule has 5 nitrogen and oxygen atoms in total. The molecule has 1 heterocycles. The minimum atomic E-state index is 0.211. The van der Waals surface area contributed by atoms with Crippen LogP contribution in [0.15, 0.2) is 6.33 Å². The molecule has 0 spiro atoms. The van der Waals surface area contributed by atoms with Crippen LogP contribution in [-0.2, 0) is 0 Å². The van der Waals surface area contributed by atoms with Crippen LogP contribution in [0, 0.1) is 12.8 Å². The Hall–Kier alpha value is -1.36. The molecule has 0 aliphatic heterocycles. The highest BCUT2D eigenvalue weighted by molar-refractivity contribution is 5.47. The van der Waals surface area contributed by atoms with Crippen molar-refractivity contribution in [2.75, 3.05) is 33.1 Å². The van der Waals surface area contributed by atoms with Gasteiger partial charge in [-0.05, 0) is 39.8 Å². The largest absolute Gasteiger partial charge is 0.481 e. The van der Waals surface area contributed by atoms with Crippen LogP contribution in [0.3, 0.4) is 0 Å². The van der Waals surface area contributed by atoms with E-state index in [1.807, 2.05) is 6.92 Å². The first kappa shape index (κ1) is 16.0. The normalized spacial score (nSPS) is 25.9.